The summed E-state index contributed by atoms with van der Waals surface area (Å²) in [5.74, 6) is -0.191. The molecule has 1 rings (SSSR count). The van der Waals surface area contributed by atoms with E-state index >= 15 is 0 Å². The van der Waals surface area contributed by atoms with Crippen molar-refractivity contribution < 1.29 is 9.53 Å². The number of methoxy groups -OCH3 is 1. The van der Waals surface area contributed by atoms with Crippen molar-refractivity contribution in [3.8, 4) is 0 Å². The van der Waals surface area contributed by atoms with E-state index < -0.39 is 5.41 Å². The van der Waals surface area contributed by atoms with Gasteiger partial charge in [0.05, 0.1) is 12.5 Å². The molecule has 1 aromatic rings. The average molecular weight is 206 g/mol. The number of benzene rings is 1. The highest BCUT2D eigenvalue weighted by Gasteiger charge is 2.32. The van der Waals surface area contributed by atoms with Gasteiger partial charge in [0, 0.05) is 0 Å². The van der Waals surface area contributed by atoms with Gasteiger partial charge in [-0.2, -0.15) is 0 Å². The van der Waals surface area contributed by atoms with E-state index in [4.69, 9.17) is 4.74 Å². The van der Waals surface area contributed by atoms with Crippen molar-refractivity contribution in [3.63, 3.8) is 0 Å². The van der Waals surface area contributed by atoms with Crippen LogP contribution < -0.4 is 0 Å². The molecule has 1 aromatic carbocycles. The van der Waals surface area contributed by atoms with Crippen LogP contribution >= 0.6 is 0 Å². The molecule has 2 heteroatoms. The first-order chi connectivity index (χ1) is 7.04. The van der Waals surface area contributed by atoms with Gasteiger partial charge in [0.1, 0.15) is 0 Å². The van der Waals surface area contributed by atoms with Crippen LogP contribution in [0.15, 0.2) is 24.3 Å². The maximum absolute atomic E-state index is 11.7. The largest absolute Gasteiger partial charge is 0.468 e. The molecule has 2 nitrogen and oxygen atoms in total. The lowest BCUT2D eigenvalue weighted by molar-refractivity contribution is -0.146. The molecule has 0 saturated heterocycles. The molecule has 0 fully saturated rings. The number of rotatable bonds is 3. The summed E-state index contributed by atoms with van der Waals surface area (Å²) in [5, 5.41) is 0. The van der Waals surface area contributed by atoms with E-state index in [9.17, 15) is 4.79 Å². The highest BCUT2D eigenvalue weighted by Crippen LogP contribution is 2.27. The van der Waals surface area contributed by atoms with Crippen molar-refractivity contribution in [2.75, 3.05) is 7.11 Å². The van der Waals surface area contributed by atoms with E-state index in [0.717, 1.165) is 12.0 Å². The molecule has 0 N–H and O–H groups in total. The summed E-state index contributed by atoms with van der Waals surface area (Å²) in [7, 11) is 1.43. The van der Waals surface area contributed by atoms with Crippen LogP contribution in [0.4, 0.5) is 0 Å². The summed E-state index contributed by atoms with van der Waals surface area (Å²) in [6, 6.07) is 8.00. The predicted octanol–water partition coefficient (Wildman–Crippen LogP) is 2.70. The molecule has 15 heavy (non-hydrogen) atoms. The third-order valence-electron chi connectivity index (χ3n) is 2.77. The topological polar surface area (TPSA) is 26.3 Å². The van der Waals surface area contributed by atoms with Gasteiger partial charge in [0.15, 0.2) is 0 Å². The Morgan fingerprint density at radius 1 is 1.33 bits per heavy atom. The van der Waals surface area contributed by atoms with Gasteiger partial charge in [0.25, 0.3) is 0 Å². The number of carbonyl (C=O) groups excluding carboxylic acids is 1. The number of esters is 1. The molecule has 0 saturated carbocycles. The highest BCUT2D eigenvalue weighted by atomic mass is 16.5. The first kappa shape index (κ1) is 11.8. The van der Waals surface area contributed by atoms with Crippen molar-refractivity contribution in [2.45, 2.75) is 32.6 Å². The zero-order valence-corrected chi connectivity index (χ0v) is 9.83. The SMILES string of the molecule is CCc1ccccc1C(C)(C)C(=O)OC. The number of ether oxygens (including phenoxy) is 1. The lowest BCUT2D eigenvalue weighted by atomic mass is 9.81. The van der Waals surface area contributed by atoms with Crippen LogP contribution in [0.3, 0.4) is 0 Å². The van der Waals surface area contributed by atoms with Crippen molar-refractivity contribution >= 4 is 5.97 Å². The van der Waals surface area contributed by atoms with E-state index in [-0.39, 0.29) is 5.97 Å². The van der Waals surface area contributed by atoms with E-state index in [1.165, 1.54) is 12.7 Å². The Morgan fingerprint density at radius 2 is 1.93 bits per heavy atom. The second-order valence-corrected chi connectivity index (χ2v) is 4.13. The Morgan fingerprint density at radius 3 is 2.47 bits per heavy atom. The quantitative estimate of drug-likeness (QED) is 0.711. The smallest absolute Gasteiger partial charge is 0.315 e. The molecule has 0 aromatic heterocycles. The van der Waals surface area contributed by atoms with Gasteiger partial charge in [0.2, 0.25) is 0 Å². The molecule has 0 radical (unpaired) electrons. The van der Waals surface area contributed by atoms with Crippen LogP contribution in [0, 0.1) is 0 Å². The summed E-state index contributed by atoms with van der Waals surface area (Å²) in [4.78, 5) is 11.7. The number of aryl methyl sites for hydroxylation is 1. The summed E-state index contributed by atoms with van der Waals surface area (Å²) < 4.78 is 4.83. The normalized spacial score (nSPS) is 11.2. The first-order valence-electron chi connectivity index (χ1n) is 5.20. The van der Waals surface area contributed by atoms with Gasteiger partial charge in [-0.3, -0.25) is 4.79 Å². The Bertz CT molecular complexity index is 353. The van der Waals surface area contributed by atoms with Crippen LogP contribution in [0.1, 0.15) is 31.9 Å². The number of hydrogen-bond donors (Lipinski definition) is 0. The minimum absolute atomic E-state index is 0.191. The van der Waals surface area contributed by atoms with Gasteiger partial charge in [-0.05, 0) is 31.4 Å². The molecule has 0 spiro atoms. The zero-order valence-electron chi connectivity index (χ0n) is 9.83. The summed E-state index contributed by atoms with van der Waals surface area (Å²) in [6.45, 7) is 5.88. The molecule has 82 valence electrons. The standard InChI is InChI=1S/C13H18O2/c1-5-10-8-6-7-9-11(10)13(2,3)12(14)15-4/h6-9H,5H2,1-4H3. The number of carbonyl (C=O) groups is 1. The third kappa shape index (κ3) is 2.20. The molecule has 0 atom stereocenters. The van der Waals surface area contributed by atoms with Crippen LogP contribution in [-0.4, -0.2) is 13.1 Å². The van der Waals surface area contributed by atoms with Crippen molar-refractivity contribution in [2.24, 2.45) is 0 Å². The van der Waals surface area contributed by atoms with Crippen LogP contribution in [0.2, 0.25) is 0 Å². The fourth-order valence-electron chi connectivity index (χ4n) is 1.80. The average Bonchev–Trinajstić information content (AvgIpc) is 2.27. The van der Waals surface area contributed by atoms with Crippen LogP contribution in [-0.2, 0) is 21.4 Å². The predicted molar refractivity (Wildman–Crippen MR) is 60.9 cm³/mol. The minimum atomic E-state index is -0.568. The fraction of sp³-hybridized carbons (Fsp3) is 0.462. The molecule has 0 bridgehead atoms. The first-order valence-corrected chi connectivity index (χ1v) is 5.20. The third-order valence-corrected chi connectivity index (χ3v) is 2.77. The summed E-state index contributed by atoms with van der Waals surface area (Å²) in [6.07, 6.45) is 0.927. The van der Waals surface area contributed by atoms with Gasteiger partial charge < -0.3 is 4.74 Å². The maximum Gasteiger partial charge on any atom is 0.315 e. The van der Waals surface area contributed by atoms with Crippen molar-refractivity contribution in [1.82, 2.24) is 0 Å². The van der Waals surface area contributed by atoms with E-state index in [2.05, 4.69) is 13.0 Å². The second kappa shape index (κ2) is 4.47. The van der Waals surface area contributed by atoms with Gasteiger partial charge in [-0.15, -0.1) is 0 Å². The van der Waals surface area contributed by atoms with Crippen molar-refractivity contribution in [1.29, 1.82) is 0 Å². The van der Waals surface area contributed by atoms with Gasteiger partial charge in [-0.1, -0.05) is 31.2 Å². The van der Waals surface area contributed by atoms with Gasteiger partial charge in [-0.25, -0.2) is 0 Å². The van der Waals surface area contributed by atoms with Crippen LogP contribution in [0.5, 0.6) is 0 Å². The molecule has 0 amide bonds. The van der Waals surface area contributed by atoms with Crippen molar-refractivity contribution in [3.05, 3.63) is 35.4 Å². The lowest BCUT2D eigenvalue weighted by Gasteiger charge is -2.24. The molecular formula is C13H18O2. The van der Waals surface area contributed by atoms with Gasteiger partial charge >= 0.3 is 5.97 Å². The van der Waals surface area contributed by atoms with Crippen LogP contribution in [0.25, 0.3) is 0 Å². The Hall–Kier alpha value is -1.31. The summed E-state index contributed by atoms with van der Waals surface area (Å²) in [5.41, 5.74) is 1.69. The molecular weight excluding hydrogens is 188 g/mol. The summed E-state index contributed by atoms with van der Waals surface area (Å²) >= 11 is 0. The van der Waals surface area contributed by atoms with E-state index in [1.807, 2.05) is 32.0 Å². The minimum Gasteiger partial charge on any atom is -0.468 e. The maximum atomic E-state index is 11.7. The Balaban J connectivity index is 3.19. The highest BCUT2D eigenvalue weighted by molar-refractivity contribution is 5.82. The second-order valence-electron chi connectivity index (χ2n) is 4.13. The fourth-order valence-corrected chi connectivity index (χ4v) is 1.80. The molecule has 0 heterocycles. The monoisotopic (exact) mass is 206 g/mol. The lowest BCUT2D eigenvalue weighted by Crippen LogP contribution is -2.31. The molecule has 0 aliphatic rings. The van der Waals surface area contributed by atoms with E-state index in [0.29, 0.717) is 0 Å². The number of hydrogen-bond acceptors (Lipinski definition) is 2. The molecule has 0 aliphatic carbocycles. The molecule has 0 unspecified atom stereocenters. The Kier molecular flexibility index (Phi) is 3.51. The Labute approximate surface area is 91.3 Å². The van der Waals surface area contributed by atoms with E-state index in [1.54, 1.807) is 0 Å². The molecule has 0 aliphatic heterocycles. The zero-order chi connectivity index (χ0) is 11.5.